The lowest BCUT2D eigenvalue weighted by atomic mass is 10.1. The van der Waals surface area contributed by atoms with Gasteiger partial charge in [-0.1, -0.05) is 23.7 Å². The zero-order chi connectivity index (χ0) is 17.6. The molecule has 1 heterocycles. The molecule has 25 heavy (non-hydrogen) atoms. The molecule has 0 radical (unpaired) electrons. The lowest BCUT2D eigenvalue weighted by Gasteiger charge is -2.09. The summed E-state index contributed by atoms with van der Waals surface area (Å²) in [6.07, 6.45) is 2.36. The maximum Gasteiger partial charge on any atom is 0.229 e. The highest BCUT2D eigenvalue weighted by Crippen LogP contribution is 2.19. The van der Waals surface area contributed by atoms with Crippen LogP contribution >= 0.6 is 11.6 Å². The molecule has 0 atom stereocenters. The van der Waals surface area contributed by atoms with Gasteiger partial charge in [0.2, 0.25) is 5.95 Å². The highest BCUT2D eigenvalue weighted by atomic mass is 35.5. The minimum atomic E-state index is -0.704. The van der Waals surface area contributed by atoms with Crippen molar-refractivity contribution in [3.63, 3.8) is 0 Å². The number of nitrogens with zero attached hydrogens (tertiary/aromatic N) is 2. The van der Waals surface area contributed by atoms with Gasteiger partial charge in [0.15, 0.2) is 0 Å². The minimum Gasteiger partial charge on any atom is -0.370 e. The maximum atomic E-state index is 13.7. The van der Waals surface area contributed by atoms with Crippen LogP contribution in [0.15, 0.2) is 54.7 Å². The second kappa shape index (κ2) is 7.90. The van der Waals surface area contributed by atoms with Crippen LogP contribution in [0.2, 0.25) is 5.02 Å². The summed E-state index contributed by atoms with van der Waals surface area (Å²) in [6.45, 7) is 0.670. The Kier molecular flexibility index (Phi) is 5.40. The summed E-state index contributed by atoms with van der Waals surface area (Å²) in [6, 6.07) is 12.6. The molecular formula is C18H15ClF2N4. The Labute approximate surface area is 148 Å². The smallest absolute Gasteiger partial charge is 0.229 e. The van der Waals surface area contributed by atoms with Crippen LogP contribution in [0.3, 0.4) is 0 Å². The summed E-state index contributed by atoms with van der Waals surface area (Å²) >= 11 is 5.86. The second-order valence-electron chi connectivity index (χ2n) is 5.32. The van der Waals surface area contributed by atoms with Gasteiger partial charge >= 0.3 is 0 Å². The molecule has 0 bridgehead atoms. The number of nitrogens with one attached hydrogen (secondary N) is 2. The highest BCUT2D eigenvalue weighted by molar-refractivity contribution is 6.30. The van der Waals surface area contributed by atoms with Gasteiger partial charge in [-0.25, -0.2) is 13.8 Å². The molecule has 0 saturated carbocycles. The fourth-order valence-corrected chi connectivity index (χ4v) is 2.34. The fraction of sp³-hybridized carbons (Fsp3) is 0.111. The molecule has 0 aliphatic carbocycles. The van der Waals surface area contributed by atoms with Crippen molar-refractivity contribution in [3.8, 4) is 0 Å². The van der Waals surface area contributed by atoms with Crippen LogP contribution in [0.5, 0.6) is 0 Å². The van der Waals surface area contributed by atoms with Crippen LogP contribution in [0, 0.1) is 11.6 Å². The summed E-state index contributed by atoms with van der Waals surface area (Å²) in [5.41, 5.74) is 1.26. The first kappa shape index (κ1) is 17.1. The number of aromatic nitrogens is 2. The maximum absolute atomic E-state index is 13.7. The zero-order valence-electron chi connectivity index (χ0n) is 13.1. The van der Waals surface area contributed by atoms with Gasteiger partial charge in [-0.15, -0.1) is 0 Å². The van der Waals surface area contributed by atoms with Crippen molar-refractivity contribution >= 4 is 29.1 Å². The Balaban J connectivity index is 1.60. The van der Waals surface area contributed by atoms with Gasteiger partial charge in [0, 0.05) is 23.8 Å². The van der Waals surface area contributed by atoms with Crippen LogP contribution in [-0.4, -0.2) is 16.5 Å². The van der Waals surface area contributed by atoms with E-state index in [4.69, 9.17) is 11.6 Å². The molecule has 3 aromatic rings. The van der Waals surface area contributed by atoms with Crippen molar-refractivity contribution < 1.29 is 8.78 Å². The predicted molar refractivity (Wildman–Crippen MR) is 95.3 cm³/mol. The predicted octanol–water partition coefficient (Wildman–Crippen LogP) is 4.81. The van der Waals surface area contributed by atoms with E-state index in [9.17, 15) is 8.78 Å². The van der Waals surface area contributed by atoms with E-state index in [1.807, 2.05) is 24.3 Å². The molecule has 0 aliphatic heterocycles. The van der Waals surface area contributed by atoms with Gasteiger partial charge in [0.25, 0.3) is 0 Å². The summed E-state index contributed by atoms with van der Waals surface area (Å²) in [7, 11) is 0. The van der Waals surface area contributed by atoms with Gasteiger partial charge in [0.05, 0.1) is 5.69 Å². The molecule has 0 amide bonds. The fourth-order valence-electron chi connectivity index (χ4n) is 2.21. The van der Waals surface area contributed by atoms with E-state index < -0.39 is 11.6 Å². The standard InChI is InChI=1S/C18H15ClF2N4/c19-13-3-1-12(2-4-13)7-9-22-17-8-10-23-18(25-17)24-16-6-5-14(20)11-15(16)21/h1-6,8,10-11H,7,9H2,(H2,22,23,24,25). The van der Waals surface area contributed by atoms with Crippen molar-refractivity contribution in [1.29, 1.82) is 0 Å². The van der Waals surface area contributed by atoms with E-state index >= 15 is 0 Å². The third kappa shape index (κ3) is 4.87. The first-order valence-corrected chi connectivity index (χ1v) is 8.01. The van der Waals surface area contributed by atoms with E-state index in [2.05, 4.69) is 20.6 Å². The van der Waals surface area contributed by atoms with Gasteiger partial charge in [-0.3, -0.25) is 0 Å². The zero-order valence-corrected chi connectivity index (χ0v) is 13.9. The number of rotatable bonds is 6. The van der Waals surface area contributed by atoms with E-state index in [0.29, 0.717) is 17.4 Å². The third-order valence-corrected chi connectivity index (χ3v) is 3.72. The Morgan fingerprint density at radius 3 is 2.56 bits per heavy atom. The van der Waals surface area contributed by atoms with E-state index in [1.165, 1.54) is 12.1 Å². The second-order valence-corrected chi connectivity index (χ2v) is 5.75. The lowest BCUT2D eigenvalue weighted by Crippen LogP contribution is -2.08. The summed E-state index contributed by atoms with van der Waals surface area (Å²) < 4.78 is 26.6. The third-order valence-electron chi connectivity index (χ3n) is 3.47. The monoisotopic (exact) mass is 360 g/mol. The van der Waals surface area contributed by atoms with Crippen LogP contribution in [-0.2, 0) is 6.42 Å². The minimum absolute atomic E-state index is 0.111. The van der Waals surface area contributed by atoms with Crippen LogP contribution in [0.25, 0.3) is 0 Å². The van der Waals surface area contributed by atoms with E-state index in [1.54, 1.807) is 12.3 Å². The molecule has 2 aromatic carbocycles. The molecule has 4 nitrogen and oxygen atoms in total. The van der Waals surface area contributed by atoms with Crippen molar-refractivity contribution in [1.82, 2.24) is 9.97 Å². The first-order valence-electron chi connectivity index (χ1n) is 7.63. The summed E-state index contributed by atoms with van der Waals surface area (Å²) in [4.78, 5) is 8.30. The molecule has 0 unspecified atom stereocenters. The number of halogens is 3. The van der Waals surface area contributed by atoms with Gasteiger partial charge in [-0.2, -0.15) is 4.98 Å². The molecule has 3 rings (SSSR count). The normalized spacial score (nSPS) is 10.5. The summed E-state index contributed by atoms with van der Waals surface area (Å²) in [5, 5.41) is 6.62. The molecule has 0 saturated heterocycles. The van der Waals surface area contributed by atoms with Gasteiger partial charge in [-0.05, 0) is 42.3 Å². The topological polar surface area (TPSA) is 49.8 Å². The first-order chi connectivity index (χ1) is 12.1. The molecule has 0 spiro atoms. The van der Waals surface area contributed by atoms with E-state index in [-0.39, 0.29) is 11.6 Å². The summed E-state index contributed by atoms with van der Waals surface area (Å²) in [5.74, 6) is -0.512. The Morgan fingerprint density at radius 2 is 1.80 bits per heavy atom. The van der Waals surface area contributed by atoms with Gasteiger partial charge in [0.1, 0.15) is 17.5 Å². The molecule has 0 aliphatic rings. The number of hydrogen-bond acceptors (Lipinski definition) is 4. The lowest BCUT2D eigenvalue weighted by molar-refractivity contribution is 0.586. The average Bonchev–Trinajstić information content (AvgIpc) is 2.60. The number of hydrogen-bond donors (Lipinski definition) is 2. The Hall–Kier alpha value is -2.73. The van der Waals surface area contributed by atoms with Crippen molar-refractivity contribution in [2.45, 2.75) is 6.42 Å². The molecule has 0 fully saturated rings. The number of anilines is 3. The van der Waals surface area contributed by atoms with Crippen LogP contribution < -0.4 is 10.6 Å². The molecule has 2 N–H and O–H groups in total. The van der Waals surface area contributed by atoms with E-state index in [0.717, 1.165) is 18.1 Å². The van der Waals surface area contributed by atoms with Crippen molar-refractivity contribution in [2.24, 2.45) is 0 Å². The van der Waals surface area contributed by atoms with Crippen molar-refractivity contribution in [3.05, 3.63) is 76.9 Å². The van der Waals surface area contributed by atoms with Crippen molar-refractivity contribution in [2.75, 3.05) is 17.2 Å². The average molecular weight is 361 g/mol. The molecule has 128 valence electrons. The number of benzene rings is 2. The molecule has 1 aromatic heterocycles. The largest absolute Gasteiger partial charge is 0.370 e. The molecular weight excluding hydrogens is 346 g/mol. The van der Waals surface area contributed by atoms with Crippen LogP contribution in [0.4, 0.5) is 26.2 Å². The quantitative estimate of drug-likeness (QED) is 0.662. The Morgan fingerprint density at radius 1 is 1.00 bits per heavy atom. The van der Waals surface area contributed by atoms with Gasteiger partial charge < -0.3 is 10.6 Å². The highest BCUT2D eigenvalue weighted by Gasteiger charge is 2.06. The Bertz CT molecular complexity index is 856. The molecule has 7 heteroatoms. The van der Waals surface area contributed by atoms with Crippen LogP contribution in [0.1, 0.15) is 5.56 Å². The SMILES string of the molecule is Fc1ccc(Nc2nccc(NCCc3ccc(Cl)cc3)n2)c(F)c1.